The minimum atomic E-state index is 0.837. The van der Waals surface area contributed by atoms with E-state index in [1.54, 1.807) is 0 Å². The first-order chi connectivity index (χ1) is 10.3. The van der Waals surface area contributed by atoms with E-state index in [0.717, 1.165) is 6.54 Å². The van der Waals surface area contributed by atoms with Crippen molar-refractivity contribution in [1.82, 2.24) is 0 Å². The van der Waals surface area contributed by atoms with Gasteiger partial charge in [0.05, 0.1) is 0 Å². The van der Waals surface area contributed by atoms with E-state index in [9.17, 15) is 0 Å². The van der Waals surface area contributed by atoms with Gasteiger partial charge in [-0.3, -0.25) is 0 Å². The van der Waals surface area contributed by atoms with Crippen molar-refractivity contribution in [3.63, 3.8) is 0 Å². The third kappa shape index (κ3) is 3.32. The molecule has 0 radical (unpaired) electrons. The highest BCUT2D eigenvalue weighted by atomic mass is 14.9. The Kier molecular flexibility index (Phi) is 4.02. The summed E-state index contributed by atoms with van der Waals surface area (Å²) in [6.07, 6.45) is 0. The lowest BCUT2D eigenvalue weighted by Crippen LogP contribution is -2.00. The van der Waals surface area contributed by atoms with Gasteiger partial charge in [0.15, 0.2) is 0 Å². The quantitative estimate of drug-likeness (QED) is 0.682. The zero-order chi connectivity index (χ0) is 14.5. The van der Waals surface area contributed by atoms with Crippen LogP contribution in [-0.4, -0.2) is 0 Å². The van der Waals surface area contributed by atoms with Gasteiger partial charge in [-0.1, -0.05) is 78.4 Å². The number of para-hydroxylation sites is 1. The Balaban J connectivity index is 1.81. The summed E-state index contributed by atoms with van der Waals surface area (Å²) in [5.41, 5.74) is 6.24. The first-order valence-electron chi connectivity index (χ1n) is 7.27. The maximum atomic E-state index is 3.55. The molecule has 0 saturated heterocycles. The van der Waals surface area contributed by atoms with Crippen molar-refractivity contribution in [2.45, 2.75) is 13.5 Å². The van der Waals surface area contributed by atoms with Gasteiger partial charge in [-0.25, -0.2) is 0 Å². The van der Waals surface area contributed by atoms with E-state index in [-0.39, 0.29) is 0 Å². The minimum absolute atomic E-state index is 0.837. The zero-order valence-electron chi connectivity index (χ0n) is 12.2. The van der Waals surface area contributed by atoms with Gasteiger partial charge in [0.1, 0.15) is 0 Å². The predicted molar refractivity (Wildman–Crippen MR) is 90.4 cm³/mol. The number of hydrogen-bond donors (Lipinski definition) is 1. The molecule has 21 heavy (non-hydrogen) atoms. The first kappa shape index (κ1) is 13.4. The molecule has 0 aliphatic heterocycles. The van der Waals surface area contributed by atoms with Crippen LogP contribution in [0.15, 0.2) is 78.9 Å². The highest BCUT2D eigenvalue weighted by Crippen LogP contribution is 2.27. The summed E-state index contributed by atoms with van der Waals surface area (Å²) >= 11 is 0. The first-order valence-corrected chi connectivity index (χ1v) is 7.27. The summed E-state index contributed by atoms with van der Waals surface area (Å²) in [5.74, 6) is 0. The van der Waals surface area contributed by atoms with Crippen molar-refractivity contribution in [3.8, 4) is 11.1 Å². The molecule has 1 N–H and O–H groups in total. The molecule has 0 spiro atoms. The van der Waals surface area contributed by atoms with Crippen LogP contribution in [0.3, 0.4) is 0 Å². The van der Waals surface area contributed by atoms with Crippen LogP contribution in [-0.2, 0) is 6.54 Å². The second kappa shape index (κ2) is 6.27. The average molecular weight is 273 g/mol. The molecule has 0 amide bonds. The van der Waals surface area contributed by atoms with Crippen LogP contribution in [0, 0.1) is 6.92 Å². The topological polar surface area (TPSA) is 12.0 Å². The normalized spacial score (nSPS) is 10.3. The summed E-state index contributed by atoms with van der Waals surface area (Å²) in [5, 5.41) is 3.55. The molecule has 0 atom stereocenters. The molecule has 0 unspecified atom stereocenters. The molecular weight excluding hydrogens is 254 g/mol. The molecule has 0 bridgehead atoms. The SMILES string of the molecule is Cc1ccc(CNc2ccccc2-c2ccccc2)cc1. The lowest BCUT2D eigenvalue weighted by molar-refractivity contribution is 1.15. The monoisotopic (exact) mass is 273 g/mol. The number of benzene rings is 3. The second-order valence-corrected chi connectivity index (χ2v) is 5.25. The Morgan fingerprint density at radius 3 is 2.14 bits per heavy atom. The van der Waals surface area contributed by atoms with Gasteiger partial charge in [-0.05, 0) is 24.1 Å². The van der Waals surface area contributed by atoms with Crippen molar-refractivity contribution in [2.24, 2.45) is 0 Å². The van der Waals surface area contributed by atoms with E-state index < -0.39 is 0 Å². The number of nitrogens with one attached hydrogen (secondary N) is 1. The van der Waals surface area contributed by atoms with Crippen LogP contribution in [0.2, 0.25) is 0 Å². The van der Waals surface area contributed by atoms with E-state index in [2.05, 4.69) is 85.0 Å². The van der Waals surface area contributed by atoms with E-state index in [0.29, 0.717) is 0 Å². The number of anilines is 1. The van der Waals surface area contributed by atoms with Gasteiger partial charge < -0.3 is 5.32 Å². The van der Waals surface area contributed by atoms with Crippen LogP contribution in [0.1, 0.15) is 11.1 Å². The fraction of sp³-hybridized carbons (Fsp3) is 0.100. The zero-order valence-corrected chi connectivity index (χ0v) is 12.2. The smallest absolute Gasteiger partial charge is 0.0422 e. The molecule has 0 aliphatic rings. The molecule has 3 rings (SSSR count). The molecule has 0 fully saturated rings. The molecule has 3 aromatic carbocycles. The summed E-state index contributed by atoms with van der Waals surface area (Å²) in [7, 11) is 0. The van der Waals surface area contributed by atoms with Gasteiger partial charge >= 0.3 is 0 Å². The molecule has 0 aromatic heterocycles. The second-order valence-electron chi connectivity index (χ2n) is 5.25. The number of hydrogen-bond acceptors (Lipinski definition) is 1. The molecular formula is C20H19N. The summed E-state index contributed by atoms with van der Waals surface area (Å²) in [6.45, 7) is 2.95. The lowest BCUT2D eigenvalue weighted by Gasteiger charge is -2.12. The van der Waals surface area contributed by atoms with Crippen molar-refractivity contribution in [2.75, 3.05) is 5.32 Å². The van der Waals surface area contributed by atoms with Gasteiger partial charge in [-0.15, -0.1) is 0 Å². The number of aryl methyl sites for hydroxylation is 1. The number of rotatable bonds is 4. The highest BCUT2D eigenvalue weighted by molar-refractivity contribution is 5.77. The van der Waals surface area contributed by atoms with Gasteiger partial charge in [0, 0.05) is 17.8 Å². The van der Waals surface area contributed by atoms with E-state index in [1.807, 2.05) is 6.07 Å². The van der Waals surface area contributed by atoms with E-state index in [1.165, 1.54) is 27.9 Å². The van der Waals surface area contributed by atoms with Crippen molar-refractivity contribution >= 4 is 5.69 Å². The van der Waals surface area contributed by atoms with Crippen molar-refractivity contribution in [1.29, 1.82) is 0 Å². The third-order valence-corrected chi connectivity index (χ3v) is 3.62. The summed E-state index contributed by atoms with van der Waals surface area (Å²) < 4.78 is 0. The molecule has 0 heterocycles. The van der Waals surface area contributed by atoms with Gasteiger partial charge in [0.2, 0.25) is 0 Å². The average Bonchev–Trinajstić information content (AvgIpc) is 2.55. The minimum Gasteiger partial charge on any atom is -0.380 e. The Morgan fingerprint density at radius 2 is 1.38 bits per heavy atom. The molecule has 1 nitrogen and oxygen atoms in total. The van der Waals surface area contributed by atoms with Crippen LogP contribution in [0.5, 0.6) is 0 Å². The van der Waals surface area contributed by atoms with Crippen LogP contribution >= 0.6 is 0 Å². The standard InChI is InChI=1S/C20H19N/c1-16-11-13-17(14-12-16)15-21-20-10-6-5-9-19(20)18-7-3-2-4-8-18/h2-14,21H,15H2,1H3. The maximum Gasteiger partial charge on any atom is 0.0422 e. The maximum absolute atomic E-state index is 3.55. The Bertz CT molecular complexity index is 699. The summed E-state index contributed by atoms with van der Waals surface area (Å²) in [6, 6.07) is 27.6. The Hall–Kier alpha value is -2.54. The van der Waals surface area contributed by atoms with Crippen LogP contribution in [0.4, 0.5) is 5.69 Å². The van der Waals surface area contributed by atoms with Crippen molar-refractivity contribution < 1.29 is 0 Å². The van der Waals surface area contributed by atoms with Gasteiger partial charge in [-0.2, -0.15) is 0 Å². The Labute approximate surface area is 126 Å². The third-order valence-electron chi connectivity index (χ3n) is 3.62. The van der Waals surface area contributed by atoms with Crippen molar-refractivity contribution in [3.05, 3.63) is 90.0 Å². The van der Waals surface area contributed by atoms with Crippen LogP contribution in [0.25, 0.3) is 11.1 Å². The molecule has 0 aliphatic carbocycles. The molecule has 0 saturated carbocycles. The fourth-order valence-corrected chi connectivity index (χ4v) is 2.41. The largest absolute Gasteiger partial charge is 0.380 e. The van der Waals surface area contributed by atoms with E-state index in [4.69, 9.17) is 0 Å². The molecule has 3 aromatic rings. The van der Waals surface area contributed by atoms with E-state index >= 15 is 0 Å². The van der Waals surface area contributed by atoms with Gasteiger partial charge in [0.25, 0.3) is 0 Å². The molecule has 1 heteroatoms. The predicted octanol–water partition coefficient (Wildman–Crippen LogP) is 5.27. The Morgan fingerprint density at radius 1 is 0.714 bits per heavy atom. The van der Waals surface area contributed by atoms with Crippen LogP contribution < -0.4 is 5.32 Å². The summed E-state index contributed by atoms with van der Waals surface area (Å²) in [4.78, 5) is 0. The fourth-order valence-electron chi connectivity index (χ4n) is 2.41. The lowest BCUT2D eigenvalue weighted by atomic mass is 10.0. The highest BCUT2D eigenvalue weighted by Gasteiger charge is 2.03. The molecule has 104 valence electrons.